The zero-order valence-corrected chi connectivity index (χ0v) is 23.4. The van der Waals surface area contributed by atoms with Crippen molar-refractivity contribution in [2.45, 2.75) is 37.7 Å². The normalized spacial score (nSPS) is 18.1. The van der Waals surface area contributed by atoms with Gasteiger partial charge < -0.3 is 5.73 Å². The molecule has 0 spiro atoms. The Kier molecular flexibility index (Phi) is 8.37. The first kappa shape index (κ1) is 28.4. The lowest BCUT2D eigenvalue weighted by molar-refractivity contribution is -0.122. The molecule has 0 aliphatic carbocycles. The van der Waals surface area contributed by atoms with Crippen molar-refractivity contribution in [2.24, 2.45) is 5.73 Å². The smallest absolute Gasteiger partial charge is 0.234 e. The highest BCUT2D eigenvalue weighted by Gasteiger charge is 2.29. The number of nitrogens with zero attached hydrogens (tertiary/aromatic N) is 2. The predicted molar refractivity (Wildman–Crippen MR) is 152 cm³/mol. The molecule has 40 heavy (non-hydrogen) atoms. The Balaban J connectivity index is 1.30. The Morgan fingerprint density at radius 3 is 2.35 bits per heavy atom. The fourth-order valence-electron chi connectivity index (χ4n) is 5.51. The van der Waals surface area contributed by atoms with E-state index in [0.29, 0.717) is 37.3 Å². The molecule has 0 bridgehead atoms. The van der Waals surface area contributed by atoms with Gasteiger partial charge in [0.25, 0.3) is 0 Å². The molecule has 3 aromatic rings. The number of primary amides is 1. The largest absolute Gasteiger partial charge is 0.368 e. The van der Waals surface area contributed by atoms with E-state index in [2.05, 4.69) is 28.0 Å². The van der Waals surface area contributed by atoms with E-state index in [-0.39, 0.29) is 17.5 Å². The highest BCUT2D eigenvalue weighted by Crippen LogP contribution is 2.31. The molecule has 1 atom stereocenters. The van der Waals surface area contributed by atoms with Crippen molar-refractivity contribution in [1.29, 1.82) is 0 Å². The van der Waals surface area contributed by atoms with Gasteiger partial charge in [-0.15, -0.1) is 0 Å². The van der Waals surface area contributed by atoms with Gasteiger partial charge in [-0.2, -0.15) is 0 Å². The quantitative estimate of drug-likeness (QED) is 0.380. The summed E-state index contributed by atoms with van der Waals surface area (Å²) in [7, 11) is -3.68. The average molecular weight is 586 g/mol. The van der Waals surface area contributed by atoms with E-state index < -0.39 is 27.2 Å². The van der Waals surface area contributed by atoms with E-state index in [1.54, 1.807) is 0 Å². The first-order valence-corrected chi connectivity index (χ1v) is 15.1. The highest BCUT2D eigenvalue weighted by atomic mass is 35.5. The van der Waals surface area contributed by atoms with Gasteiger partial charge in [-0.05, 0) is 83.1 Å². The van der Waals surface area contributed by atoms with Crippen LogP contribution in [0, 0.1) is 11.6 Å². The molecule has 5 rings (SSSR count). The molecule has 10 heteroatoms. The Labute approximate surface area is 238 Å². The van der Waals surface area contributed by atoms with E-state index in [0.717, 1.165) is 59.3 Å². The van der Waals surface area contributed by atoms with Crippen LogP contribution in [0.1, 0.15) is 29.5 Å². The highest BCUT2D eigenvalue weighted by molar-refractivity contribution is 7.93. The molecule has 1 amide bonds. The standard InChI is InChI=1S/C30H30ClF2N3O3S/c31-25-7-5-23(6-8-25)28-12-20(16-36-9-1-2-29(36)30(34)37)3-4-24(28)17-35-14-22(15-35)19-40(38,39)18-21-10-26(32)13-27(33)11-21/h3-8,10-13,19,29H,1-2,9,14-18H2,(H2,34,37)/t29-/m0/s1. The van der Waals surface area contributed by atoms with Crippen molar-refractivity contribution in [3.63, 3.8) is 0 Å². The predicted octanol–water partition coefficient (Wildman–Crippen LogP) is 5.05. The zero-order chi connectivity index (χ0) is 28.4. The number of amides is 1. The van der Waals surface area contributed by atoms with E-state index in [1.165, 1.54) is 5.41 Å². The Hall–Kier alpha value is -3.11. The van der Waals surface area contributed by atoms with Crippen LogP contribution in [0.15, 0.2) is 71.6 Å². The second kappa shape index (κ2) is 11.8. The lowest BCUT2D eigenvalue weighted by Gasteiger charge is -2.34. The first-order valence-electron chi connectivity index (χ1n) is 13.1. The summed E-state index contributed by atoms with van der Waals surface area (Å²) in [6.07, 6.45) is 1.71. The lowest BCUT2D eigenvalue weighted by atomic mass is 9.95. The monoisotopic (exact) mass is 585 g/mol. The number of likely N-dealkylation sites (tertiary alicyclic amines) is 2. The van der Waals surface area contributed by atoms with E-state index in [9.17, 15) is 22.0 Å². The van der Waals surface area contributed by atoms with Crippen LogP contribution < -0.4 is 5.73 Å². The summed E-state index contributed by atoms with van der Waals surface area (Å²) in [5, 5.41) is 1.86. The van der Waals surface area contributed by atoms with Crippen molar-refractivity contribution >= 4 is 27.3 Å². The van der Waals surface area contributed by atoms with Crippen molar-refractivity contribution in [1.82, 2.24) is 9.80 Å². The fourth-order valence-corrected chi connectivity index (χ4v) is 7.01. The number of nitrogens with two attached hydrogens (primary N) is 1. The minimum absolute atomic E-state index is 0.0781. The van der Waals surface area contributed by atoms with Gasteiger partial charge in [0.15, 0.2) is 9.84 Å². The van der Waals surface area contributed by atoms with Crippen LogP contribution in [-0.2, 0) is 33.5 Å². The molecule has 0 unspecified atom stereocenters. The third-order valence-electron chi connectivity index (χ3n) is 7.29. The van der Waals surface area contributed by atoms with Crippen molar-refractivity contribution in [3.05, 3.63) is 105 Å². The number of hydrogen-bond donors (Lipinski definition) is 1. The molecule has 6 nitrogen and oxygen atoms in total. The molecule has 2 aliphatic rings. The Morgan fingerprint density at radius 1 is 0.975 bits per heavy atom. The van der Waals surface area contributed by atoms with E-state index >= 15 is 0 Å². The molecule has 2 aliphatic heterocycles. The zero-order valence-electron chi connectivity index (χ0n) is 21.8. The third kappa shape index (κ3) is 6.96. The maximum Gasteiger partial charge on any atom is 0.234 e. The lowest BCUT2D eigenvalue weighted by Crippen LogP contribution is -2.40. The number of carbonyl (C=O) groups excluding carboxylic acids is 1. The van der Waals surface area contributed by atoms with Crippen molar-refractivity contribution < 1.29 is 22.0 Å². The van der Waals surface area contributed by atoms with Crippen LogP contribution in [-0.4, -0.2) is 49.8 Å². The van der Waals surface area contributed by atoms with Gasteiger partial charge in [0.1, 0.15) is 11.6 Å². The molecule has 2 fully saturated rings. The Morgan fingerprint density at radius 2 is 1.68 bits per heavy atom. The van der Waals surface area contributed by atoms with Gasteiger partial charge in [0, 0.05) is 42.7 Å². The second-order valence-electron chi connectivity index (χ2n) is 10.5. The van der Waals surface area contributed by atoms with Gasteiger partial charge in [0.2, 0.25) is 5.91 Å². The summed E-state index contributed by atoms with van der Waals surface area (Å²) in [6.45, 7) is 3.02. The fraction of sp³-hybridized carbons (Fsp3) is 0.300. The maximum atomic E-state index is 13.5. The molecular weight excluding hydrogens is 556 g/mol. The summed E-state index contributed by atoms with van der Waals surface area (Å²) in [5.41, 5.74) is 10.6. The molecule has 0 radical (unpaired) electrons. The van der Waals surface area contributed by atoms with E-state index in [1.807, 2.05) is 24.3 Å². The summed E-state index contributed by atoms with van der Waals surface area (Å²) in [6, 6.07) is 16.4. The van der Waals surface area contributed by atoms with Gasteiger partial charge in [-0.3, -0.25) is 14.6 Å². The summed E-state index contributed by atoms with van der Waals surface area (Å²) >= 11 is 6.13. The van der Waals surface area contributed by atoms with Gasteiger partial charge in [-0.25, -0.2) is 17.2 Å². The van der Waals surface area contributed by atoms with Crippen LogP contribution in [0.5, 0.6) is 0 Å². The molecule has 2 saturated heterocycles. The van der Waals surface area contributed by atoms with Crippen LogP contribution in [0.4, 0.5) is 8.78 Å². The number of sulfone groups is 1. The molecule has 2 heterocycles. The van der Waals surface area contributed by atoms with Crippen LogP contribution in [0.2, 0.25) is 5.02 Å². The average Bonchev–Trinajstić information content (AvgIpc) is 3.31. The summed E-state index contributed by atoms with van der Waals surface area (Å²) < 4.78 is 52.2. The first-order chi connectivity index (χ1) is 19.0. The maximum absolute atomic E-state index is 13.5. The molecule has 0 aromatic heterocycles. The third-order valence-corrected chi connectivity index (χ3v) is 8.97. The summed E-state index contributed by atoms with van der Waals surface area (Å²) in [4.78, 5) is 16.1. The van der Waals surface area contributed by atoms with E-state index in [4.69, 9.17) is 17.3 Å². The Bertz CT molecular complexity index is 1530. The van der Waals surface area contributed by atoms with Crippen LogP contribution in [0.3, 0.4) is 0 Å². The van der Waals surface area contributed by atoms with Gasteiger partial charge in [-0.1, -0.05) is 35.9 Å². The van der Waals surface area contributed by atoms with Crippen LogP contribution >= 0.6 is 11.6 Å². The van der Waals surface area contributed by atoms with Crippen LogP contribution in [0.25, 0.3) is 11.1 Å². The number of halogens is 3. The second-order valence-corrected chi connectivity index (χ2v) is 12.8. The minimum atomic E-state index is -3.68. The van der Waals surface area contributed by atoms with Crippen molar-refractivity contribution in [2.75, 3.05) is 19.6 Å². The number of hydrogen-bond acceptors (Lipinski definition) is 5. The molecule has 210 valence electrons. The van der Waals surface area contributed by atoms with Crippen molar-refractivity contribution in [3.8, 4) is 11.1 Å². The SMILES string of the molecule is NC(=O)[C@@H]1CCCN1Cc1ccc(CN2CC(=CS(=O)(=O)Cc3cc(F)cc(F)c3)C2)c(-c2ccc(Cl)cc2)c1. The minimum Gasteiger partial charge on any atom is -0.368 e. The van der Waals surface area contributed by atoms with Gasteiger partial charge in [0.05, 0.1) is 11.8 Å². The number of rotatable bonds is 9. The molecule has 2 N–H and O–H groups in total. The molecule has 0 saturated carbocycles. The molecule has 3 aromatic carbocycles. The number of carbonyl (C=O) groups is 1. The topological polar surface area (TPSA) is 83.7 Å². The van der Waals surface area contributed by atoms with Gasteiger partial charge >= 0.3 is 0 Å². The number of benzene rings is 3. The molecular formula is C30H30ClF2N3O3S. The summed E-state index contributed by atoms with van der Waals surface area (Å²) in [5.74, 6) is -2.36.